The van der Waals surface area contributed by atoms with Gasteiger partial charge in [-0.3, -0.25) is 0 Å². The number of halogens is 10. The molecule has 0 saturated heterocycles. The standard InChI is InChI=1S/C7H6ClF9O3S/c8-1-3(18)2-21(19,20)7(16,17)5(11,12)4(9,10)6(13,14)15/h3,18H,1-2H2. The lowest BCUT2D eigenvalue weighted by atomic mass is 10.1. The fourth-order valence-corrected chi connectivity index (χ4v) is 2.55. The van der Waals surface area contributed by atoms with Gasteiger partial charge in [0.25, 0.3) is 0 Å². The summed E-state index contributed by atoms with van der Waals surface area (Å²) in [6.07, 6.45) is -9.49. The zero-order chi connectivity index (χ0) is 17.5. The lowest BCUT2D eigenvalue weighted by molar-refractivity contribution is -0.382. The highest BCUT2D eigenvalue weighted by Crippen LogP contribution is 2.54. The molecule has 0 radical (unpaired) electrons. The molecule has 0 bridgehead atoms. The van der Waals surface area contributed by atoms with Gasteiger partial charge in [0.2, 0.25) is 9.84 Å². The van der Waals surface area contributed by atoms with Crippen LogP contribution in [-0.4, -0.2) is 54.5 Å². The predicted octanol–water partition coefficient (Wildman–Crippen LogP) is 2.43. The Balaban J connectivity index is 5.90. The molecule has 0 aromatic carbocycles. The Morgan fingerprint density at radius 1 is 0.905 bits per heavy atom. The molecule has 0 aromatic rings. The predicted molar refractivity (Wildman–Crippen MR) is 51.4 cm³/mol. The van der Waals surface area contributed by atoms with Crippen molar-refractivity contribution in [3.05, 3.63) is 0 Å². The van der Waals surface area contributed by atoms with E-state index < -0.39 is 50.8 Å². The minimum absolute atomic E-state index is 1.06. The van der Waals surface area contributed by atoms with Crippen molar-refractivity contribution in [2.24, 2.45) is 0 Å². The monoisotopic (exact) mass is 376 g/mol. The maximum atomic E-state index is 13.0. The molecule has 1 N–H and O–H groups in total. The molecule has 0 aliphatic heterocycles. The molecule has 128 valence electrons. The molecule has 1 atom stereocenters. The van der Waals surface area contributed by atoms with Gasteiger partial charge in [-0.15, -0.1) is 11.6 Å². The number of rotatable bonds is 6. The van der Waals surface area contributed by atoms with E-state index in [2.05, 4.69) is 0 Å². The van der Waals surface area contributed by atoms with Crippen molar-refractivity contribution >= 4 is 21.4 Å². The lowest BCUT2D eigenvalue weighted by Crippen LogP contribution is -2.63. The van der Waals surface area contributed by atoms with Crippen molar-refractivity contribution < 1.29 is 53.0 Å². The average Bonchev–Trinajstić information content (AvgIpc) is 2.25. The number of aliphatic hydroxyl groups excluding tert-OH is 1. The highest BCUT2D eigenvalue weighted by atomic mass is 35.5. The molecule has 14 heteroatoms. The molecule has 0 aromatic heterocycles. The van der Waals surface area contributed by atoms with Gasteiger partial charge in [0.1, 0.15) is 0 Å². The highest BCUT2D eigenvalue weighted by Gasteiger charge is 2.85. The first-order chi connectivity index (χ1) is 8.95. The third-order valence-corrected chi connectivity index (χ3v) is 4.31. The van der Waals surface area contributed by atoms with E-state index in [1.165, 1.54) is 0 Å². The first kappa shape index (κ1) is 20.6. The van der Waals surface area contributed by atoms with E-state index in [1.807, 2.05) is 0 Å². The van der Waals surface area contributed by atoms with Crippen LogP contribution in [0, 0.1) is 0 Å². The van der Waals surface area contributed by atoms with Gasteiger partial charge in [0, 0.05) is 5.88 Å². The second-order valence-electron chi connectivity index (χ2n) is 3.75. The summed E-state index contributed by atoms with van der Waals surface area (Å²) < 4.78 is 134. The fourth-order valence-electron chi connectivity index (χ4n) is 0.959. The van der Waals surface area contributed by atoms with Gasteiger partial charge < -0.3 is 5.11 Å². The van der Waals surface area contributed by atoms with E-state index in [1.54, 1.807) is 0 Å². The van der Waals surface area contributed by atoms with E-state index in [0.29, 0.717) is 0 Å². The van der Waals surface area contributed by atoms with Crippen LogP contribution in [0.4, 0.5) is 39.5 Å². The van der Waals surface area contributed by atoms with Crippen LogP contribution in [0.1, 0.15) is 0 Å². The van der Waals surface area contributed by atoms with Gasteiger partial charge in [0.15, 0.2) is 0 Å². The quantitative estimate of drug-likeness (QED) is 0.572. The lowest BCUT2D eigenvalue weighted by Gasteiger charge is -2.33. The molecule has 1 unspecified atom stereocenters. The molecule has 0 fully saturated rings. The SMILES string of the molecule is O=S(=O)(CC(O)CCl)C(F)(F)C(F)(F)C(F)(F)C(F)(F)F. The van der Waals surface area contributed by atoms with E-state index in [9.17, 15) is 47.9 Å². The van der Waals surface area contributed by atoms with Crippen molar-refractivity contribution in [3.63, 3.8) is 0 Å². The van der Waals surface area contributed by atoms with E-state index in [-0.39, 0.29) is 0 Å². The van der Waals surface area contributed by atoms with Crippen LogP contribution in [0.15, 0.2) is 0 Å². The number of hydrogen-bond donors (Lipinski definition) is 1. The van der Waals surface area contributed by atoms with Gasteiger partial charge in [-0.2, -0.15) is 39.5 Å². The van der Waals surface area contributed by atoms with Gasteiger partial charge in [0.05, 0.1) is 11.9 Å². The van der Waals surface area contributed by atoms with Crippen LogP contribution >= 0.6 is 11.6 Å². The Morgan fingerprint density at radius 2 is 1.29 bits per heavy atom. The molecular formula is C7H6ClF9O3S. The van der Waals surface area contributed by atoms with Crippen LogP contribution in [0.25, 0.3) is 0 Å². The summed E-state index contributed by atoms with van der Waals surface area (Å²) in [5.74, 6) is -17.9. The molecule has 0 aliphatic carbocycles. The molecule has 3 nitrogen and oxygen atoms in total. The van der Waals surface area contributed by atoms with Crippen LogP contribution in [0.5, 0.6) is 0 Å². The zero-order valence-corrected chi connectivity index (χ0v) is 11.0. The topological polar surface area (TPSA) is 54.4 Å². The van der Waals surface area contributed by atoms with Gasteiger partial charge in [-0.1, -0.05) is 0 Å². The van der Waals surface area contributed by atoms with Crippen molar-refractivity contribution in [1.82, 2.24) is 0 Å². The molecule has 0 amide bonds. The van der Waals surface area contributed by atoms with E-state index in [0.717, 1.165) is 0 Å². The number of alkyl halides is 10. The molecule has 0 aliphatic rings. The summed E-state index contributed by atoms with van der Waals surface area (Å²) in [7, 11) is -6.57. The average molecular weight is 377 g/mol. The third-order valence-electron chi connectivity index (χ3n) is 2.10. The van der Waals surface area contributed by atoms with Crippen LogP contribution in [0.3, 0.4) is 0 Å². The smallest absolute Gasteiger partial charge is 0.391 e. The Morgan fingerprint density at radius 3 is 1.57 bits per heavy atom. The minimum Gasteiger partial charge on any atom is -0.391 e. The van der Waals surface area contributed by atoms with E-state index >= 15 is 0 Å². The molecule has 0 heterocycles. The second kappa shape index (κ2) is 5.65. The van der Waals surface area contributed by atoms with E-state index in [4.69, 9.17) is 16.7 Å². The van der Waals surface area contributed by atoms with Gasteiger partial charge >= 0.3 is 23.3 Å². The van der Waals surface area contributed by atoms with Crippen molar-refractivity contribution in [2.75, 3.05) is 11.6 Å². The first-order valence-corrected chi connectivity index (χ1v) is 6.81. The van der Waals surface area contributed by atoms with Crippen molar-refractivity contribution in [3.8, 4) is 0 Å². The summed E-state index contributed by atoms with van der Waals surface area (Å²) in [6.45, 7) is 0. The molecule has 0 rings (SSSR count). The van der Waals surface area contributed by atoms with Gasteiger partial charge in [-0.25, -0.2) is 8.42 Å². The third kappa shape index (κ3) is 3.33. The summed E-state index contributed by atoms with van der Waals surface area (Å²) >= 11 is 4.81. The van der Waals surface area contributed by atoms with Crippen molar-refractivity contribution in [2.45, 2.75) is 29.4 Å². The first-order valence-electron chi connectivity index (χ1n) is 4.62. The van der Waals surface area contributed by atoms with Gasteiger partial charge in [-0.05, 0) is 0 Å². The number of sulfone groups is 1. The van der Waals surface area contributed by atoms with Crippen LogP contribution < -0.4 is 0 Å². The Bertz CT molecular complexity index is 472. The molecule has 21 heavy (non-hydrogen) atoms. The summed E-state index contributed by atoms with van der Waals surface area (Å²) in [5.41, 5.74) is 0. The number of aliphatic hydroxyl groups is 1. The summed E-state index contributed by atoms with van der Waals surface area (Å²) in [5, 5.41) is 1.90. The summed E-state index contributed by atoms with van der Waals surface area (Å²) in [6, 6.07) is 0. The molecule has 0 spiro atoms. The second-order valence-corrected chi connectivity index (χ2v) is 6.14. The van der Waals surface area contributed by atoms with Crippen molar-refractivity contribution in [1.29, 1.82) is 0 Å². The largest absolute Gasteiger partial charge is 0.460 e. The zero-order valence-electron chi connectivity index (χ0n) is 9.44. The maximum absolute atomic E-state index is 13.0. The molecule has 0 saturated carbocycles. The molecular weight excluding hydrogens is 371 g/mol. The maximum Gasteiger partial charge on any atom is 0.460 e. The normalized spacial score (nSPS) is 16.9. The van der Waals surface area contributed by atoms with Crippen LogP contribution in [0.2, 0.25) is 0 Å². The Kier molecular flexibility index (Phi) is 5.53. The fraction of sp³-hybridized carbons (Fsp3) is 1.00. The Labute approximate surface area is 116 Å². The minimum atomic E-state index is -7.32. The number of hydrogen-bond acceptors (Lipinski definition) is 3. The summed E-state index contributed by atoms with van der Waals surface area (Å²) in [4.78, 5) is 0. The Hall–Kier alpha value is -0.430. The van der Waals surface area contributed by atoms with Crippen LogP contribution in [-0.2, 0) is 9.84 Å². The highest BCUT2D eigenvalue weighted by molar-refractivity contribution is 7.92.